The van der Waals surface area contributed by atoms with Crippen molar-refractivity contribution in [2.45, 2.75) is 6.92 Å². The molecule has 0 unspecified atom stereocenters. The molecule has 0 saturated heterocycles. The van der Waals surface area contributed by atoms with Crippen LogP contribution in [-0.4, -0.2) is 16.6 Å². The third-order valence-corrected chi connectivity index (χ3v) is 0. The van der Waals surface area contributed by atoms with Crippen molar-refractivity contribution in [3.63, 3.8) is 0 Å². The Hall–Kier alpha value is -0.116. The van der Waals surface area contributed by atoms with Gasteiger partial charge in [0.15, 0.2) is 0 Å². The summed E-state index contributed by atoms with van der Waals surface area (Å²) in [6.45, 7) is 1.08. The van der Waals surface area contributed by atoms with Crippen LogP contribution in [0.1, 0.15) is 6.92 Å². The van der Waals surface area contributed by atoms with Crippen LogP contribution in [0.15, 0.2) is 0 Å². The van der Waals surface area contributed by atoms with Gasteiger partial charge in [-0.05, 0) is 0 Å². The van der Waals surface area contributed by atoms with Gasteiger partial charge in [-0.15, -0.1) is 0 Å². The van der Waals surface area contributed by atoms with Gasteiger partial charge < -0.3 is 16.7 Å². The zero-order valence-corrected chi connectivity index (χ0v) is 4.87. The van der Waals surface area contributed by atoms with Crippen LogP contribution < -0.4 is 6.15 Å². The average molecular weight is 154 g/mol. The number of carboxylic acid groups (broad SMARTS) is 1. The predicted octanol–water partition coefficient (Wildman–Crippen LogP) is -0.574. The standard InChI is InChI=1S/C2H4O2.H3N.Ni.H2O/c1-2(3)4;;;/h1H3,(H,3,4);1H3;;1H2. The van der Waals surface area contributed by atoms with E-state index in [1.807, 2.05) is 0 Å². The maximum absolute atomic E-state index is 9.00. The first-order chi connectivity index (χ1) is 1.73. The van der Waals surface area contributed by atoms with Crippen LogP contribution >= 0.6 is 0 Å². The Bertz CT molecular complexity index is 35.9. The van der Waals surface area contributed by atoms with Crippen molar-refractivity contribution in [3.05, 3.63) is 0 Å². The van der Waals surface area contributed by atoms with Crippen molar-refractivity contribution in [2.24, 2.45) is 0 Å². The number of hydrogen-bond acceptors (Lipinski definition) is 2. The molecular weight excluding hydrogens is 145 g/mol. The van der Waals surface area contributed by atoms with Crippen LogP contribution in [0.5, 0.6) is 0 Å². The van der Waals surface area contributed by atoms with Crippen LogP contribution in [-0.2, 0) is 21.3 Å². The molecule has 6 N–H and O–H groups in total. The Balaban J connectivity index is -0.0000000150. The summed E-state index contributed by atoms with van der Waals surface area (Å²) in [5, 5.41) is 7.42. The van der Waals surface area contributed by atoms with E-state index in [0.29, 0.717) is 0 Å². The van der Waals surface area contributed by atoms with Gasteiger partial charge in [-0.1, -0.05) is 0 Å². The van der Waals surface area contributed by atoms with Crippen LogP contribution in [0, 0.1) is 0 Å². The molecule has 7 heavy (non-hydrogen) atoms. The van der Waals surface area contributed by atoms with Crippen molar-refractivity contribution in [3.8, 4) is 0 Å². The molecule has 0 rings (SSSR count). The Kier molecular flexibility index (Phi) is 69.1. The molecule has 4 nitrogen and oxygen atoms in total. The summed E-state index contributed by atoms with van der Waals surface area (Å²) in [5.41, 5.74) is 0. The summed E-state index contributed by atoms with van der Waals surface area (Å²) in [6, 6.07) is 0. The molecule has 0 aliphatic carbocycles. The van der Waals surface area contributed by atoms with Crippen molar-refractivity contribution >= 4 is 5.97 Å². The largest absolute Gasteiger partial charge is 0.481 e. The summed E-state index contributed by atoms with van der Waals surface area (Å²) in [6.07, 6.45) is 0. The van der Waals surface area contributed by atoms with E-state index in [4.69, 9.17) is 9.90 Å². The monoisotopic (exact) mass is 153 g/mol. The molecule has 5 heteroatoms. The molecule has 0 heterocycles. The number of rotatable bonds is 0. The molecule has 0 aromatic carbocycles. The third-order valence-electron chi connectivity index (χ3n) is 0. The number of hydrogen-bond donors (Lipinski definition) is 2. The fraction of sp³-hybridized carbons (Fsp3) is 0.500. The van der Waals surface area contributed by atoms with Gasteiger partial charge in [-0.3, -0.25) is 4.79 Å². The minimum Gasteiger partial charge on any atom is -0.481 e. The maximum Gasteiger partial charge on any atom is 0.300 e. The van der Waals surface area contributed by atoms with Gasteiger partial charge in [0.25, 0.3) is 5.97 Å². The van der Waals surface area contributed by atoms with E-state index in [0.717, 1.165) is 6.92 Å². The first-order valence-electron chi connectivity index (χ1n) is 0.928. The summed E-state index contributed by atoms with van der Waals surface area (Å²) >= 11 is 0. The Morgan fingerprint density at radius 3 is 1.57 bits per heavy atom. The van der Waals surface area contributed by atoms with E-state index in [9.17, 15) is 0 Å². The third kappa shape index (κ3) is 6540. The van der Waals surface area contributed by atoms with Gasteiger partial charge in [0.05, 0.1) is 0 Å². The van der Waals surface area contributed by atoms with Gasteiger partial charge in [-0.25, -0.2) is 0 Å². The predicted molar refractivity (Wildman–Crippen MR) is 21.9 cm³/mol. The Morgan fingerprint density at radius 1 is 1.57 bits per heavy atom. The first-order valence-corrected chi connectivity index (χ1v) is 0.928. The zero-order valence-electron chi connectivity index (χ0n) is 3.88. The number of carboxylic acids is 1. The SMILES string of the molecule is CC(=O)O.N.O.[Ni]. The molecule has 0 aromatic rings. The van der Waals surface area contributed by atoms with Crippen LogP contribution in [0.4, 0.5) is 0 Å². The summed E-state index contributed by atoms with van der Waals surface area (Å²) in [7, 11) is 0. The van der Waals surface area contributed by atoms with Crippen molar-refractivity contribution < 1.29 is 31.9 Å². The maximum atomic E-state index is 9.00. The van der Waals surface area contributed by atoms with E-state index in [-0.39, 0.29) is 28.1 Å². The van der Waals surface area contributed by atoms with E-state index < -0.39 is 5.97 Å². The Labute approximate surface area is 51.7 Å². The summed E-state index contributed by atoms with van der Waals surface area (Å²) in [5.74, 6) is -0.833. The van der Waals surface area contributed by atoms with E-state index in [1.165, 1.54) is 0 Å². The first kappa shape index (κ1) is 28.7. The summed E-state index contributed by atoms with van der Waals surface area (Å²) < 4.78 is 0. The zero-order chi connectivity index (χ0) is 3.58. The fourth-order valence-electron chi connectivity index (χ4n) is 0. The van der Waals surface area contributed by atoms with Gasteiger partial charge >= 0.3 is 0 Å². The van der Waals surface area contributed by atoms with Gasteiger partial charge in [0.1, 0.15) is 0 Å². The molecule has 0 saturated carbocycles. The molecule has 0 bridgehead atoms. The molecule has 0 spiro atoms. The van der Waals surface area contributed by atoms with Crippen LogP contribution in [0.2, 0.25) is 0 Å². The molecule has 50 valence electrons. The van der Waals surface area contributed by atoms with Gasteiger partial charge in [0.2, 0.25) is 0 Å². The van der Waals surface area contributed by atoms with Crippen LogP contribution in [0.3, 0.4) is 0 Å². The Morgan fingerprint density at radius 2 is 1.57 bits per heavy atom. The molecule has 0 atom stereocenters. The molecule has 0 fully saturated rings. The average Bonchev–Trinajstić information content (AvgIpc) is 0.811. The minimum atomic E-state index is -0.833. The smallest absolute Gasteiger partial charge is 0.300 e. The molecular formula is C2H9NNiO3. The van der Waals surface area contributed by atoms with Gasteiger partial charge in [-0.2, -0.15) is 0 Å². The molecule has 0 radical (unpaired) electrons. The molecule has 0 aliphatic heterocycles. The molecule has 0 aliphatic rings. The van der Waals surface area contributed by atoms with Crippen LogP contribution in [0.25, 0.3) is 0 Å². The second-order valence-corrected chi connectivity index (χ2v) is 0.519. The van der Waals surface area contributed by atoms with E-state index >= 15 is 0 Å². The van der Waals surface area contributed by atoms with Crippen molar-refractivity contribution in [2.75, 3.05) is 0 Å². The normalized spacial score (nSPS) is 3.57. The van der Waals surface area contributed by atoms with Gasteiger partial charge in [0, 0.05) is 23.4 Å². The second-order valence-electron chi connectivity index (χ2n) is 0.519. The van der Waals surface area contributed by atoms with E-state index in [2.05, 4.69) is 0 Å². The number of aliphatic carboxylic acids is 1. The van der Waals surface area contributed by atoms with Crippen molar-refractivity contribution in [1.82, 2.24) is 6.15 Å². The number of carbonyl (C=O) groups is 1. The van der Waals surface area contributed by atoms with E-state index in [1.54, 1.807) is 0 Å². The molecule has 0 amide bonds. The topological polar surface area (TPSA) is 104 Å². The summed E-state index contributed by atoms with van der Waals surface area (Å²) in [4.78, 5) is 9.00. The second kappa shape index (κ2) is 16.9. The quantitative estimate of drug-likeness (QED) is 0.456. The van der Waals surface area contributed by atoms with Crippen molar-refractivity contribution in [1.29, 1.82) is 0 Å². The fourth-order valence-corrected chi connectivity index (χ4v) is 0. The minimum absolute atomic E-state index is 0. The molecule has 0 aromatic heterocycles.